The third-order valence-corrected chi connectivity index (χ3v) is 4.19. The summed E-state index contributed by atoms with van der Waals surface area (Å²) in [6.07, 6.45) is 6.60. The van der Waals surface area contributed by atoms with E-state index in [1.807, 2.05) is 12.1 Å². The SMILES string of the molecule is O=C(COc1ccc(Cl)cc1)Nc1ccc(NC2CCCC2)nc1. The topological polar surface area (TPSA) is 63.2 Å². The van der Waals surface area contributed by atoms with Gasteiger partial charge in [-0.25, -0.2) is 4.98 Å². The van der Waals surface area contributed by atoms with Gasteiger partial charge in [0.2, 0.25) is 0 Å². The van der Waals surface area contributed by atoms with Crippen LogP contribution in [-0.4, -0.2) is 23.5 Å². The second-order valence-electron chi connectivity index (χ2n) is 5.85. The zero-order valence-corrected chi connectivity index (χ0v) is 14.1. The van der Waals surface area contributed by atoms with Gasteiger partial charge in [0.25, 0.3) is 5.91 Å². The van der Waals surface area contributed by atoms with E-state index in [0.717, 1.165) is 5.82 Å². The quantitative estimate of drug-likeness (QED) is 0.827. The highest BCUT2D eigenvalue weighted by atomic mass is 35.5. The summed E-state index contributed by atoms with van der Waals surface area (Å²) in [7, 11) is 0. The number of amides is 1. The molecule has 0 bridgehead atoms. The minimum absolute atomic E-state index is 0.0658. The number of aromatic nitrogens is 1. The zero-order valence-electron chi connectivity index (χ0n) is 13.3. The van der Waals surface area contributed by atoms with Crippen molar-refractivity contribution in [2.75, 3.05) is 17.2 Å². The number of hydrogen-bond donors (Lipinski definition) is 2. The molecule has 6 heteroatoms. The molecule has 1 heterocycles. The fourth-order valence-electron chi connectivity index (χ4n) is 2.71. The Balaban J connectivity index is 1.46. The van der Waals surface area contributed by atoms with Crippen LogP contribution in [0.2, 0.25) is 5.02 Å². The molecule has 0 radical (unpaired) electrons. The van der Waals surface area contributed by atoms with Crippen LogP contribution in [0.5, 0.6) is 5.75 Å². The lowest BCUT2D eigenvalue weighted by Gasteiger charge is -2.13. The lowest BCUT2D eigenvalue weighted by Crippen LogP contribution is -2.20. The van der Waals surface area contributed by atoms with Crippen molar-refractivity contribution in [1.82, 2.24) is 4.98 Å². The average molecular weight is 346 g/mol. The molecule has 24 heavy (non-hydrogen) atoms. The van der Waals surface area contributed by atoms with Gasteiger partial charge in [0.15, 0.2) is 6.61 Å². The highest BCUT2D eigenvalue weighted by Crippen LogP contribution is 2.22. The van der Waals surface area contributed by atoms with E-state index in [-0.39, 0.29) is 12.5 Å². The predicted octanol–water partition coefficient (Wildman–Crippen LogP) is 4.11. The Morgan fingerprint density at radius 3 is 2.58 bits per heavy atom. The number of nitrogens with one attached hydrogen (secondary N) is 2. The van der Waals surface area contributed by atoms with Gasteiger partial charge in [-0.05, 0) is 49.2 Å². The fourth-order valence-corrected chi connectivity index (χ4v) is 2.84. The number of nitrogens with zero attached hydrogens (tertiary/aromatic N) is 1. The molecule has 0 spiro atoms. The Morgan fingerprint density at radius 1 is 1.17 bits per heavy atom. The first-order chi connectivity index (χ1) is 11.7. The average Bonchev–Trinajstić information content (AvgIpc) is 3.09. The monoisotopic (exact) mass is 345 g/mol. The molecular formula is C18H20ClN3O2. The fraction of sp³-hybridized carbons (Fsp3) is 0.333. The van der Waals surface area contributed by atoms with Crippen molar-refractivity contribution in [3.63, 3.8) is 0 Å². The van der Waals surface area contributed by atoms with Gasteiger partial charge in [-0.15, -0.1) is 0 Å². The second kappa shape index (κ2) is 8.02. The molecule has 0 aliphatic heterocycles. The molecule has 126 valence electrons. The van der Waals surface area contributed by atoms with Crippen LogP contribution < -0.4 is 15.4 Å². The van der Waals surface area contributed by atoms with E-state index in [9.17, 15) is 4.79 Å². The van der Waals surface area contributed by atoms with E-state index in [1.54, 1.807) is 30.5 Å². The van der Waals surface area contributed by atoms with Gasteiger partial charge in [-0.2, -0.15) is 0 Å². The van der Waals surface area contributed by atoms with Crippen molar-refractivity contribution >= 4 is 29.0 Å². The van der Waals surface area contributed by atoms with Gasteiger partial charge in [-0.1, -0.05) is 24.4 Å². The number of halogens is 1. The number of hydrogen-bond acceptors (Lipinski definition) is 4. The van der Waals surface area contributed by atoms with Gasteiger partial charge in [-0.3, -0.25) is 4.79 Å². The summed E-state index contributed by atoms with van der Waals surface area (Å²) >= 11 is 5.80. The van der Waals surface area contributed by atoms with Crippen LogP contribution in [0.1, 0.15) is 25.7 Å². The van der Waals surface area contributed by atoms with Gasteiger partial charge >= 0.3 is 0 Å². The molecule has 1 fully saturated rings. The molecule has 1 aliphatic rings. The first-order valence-corrected chi connectivity index (χ1v) is 8.48. The van der Waals surface area contributed by atoms with E-state index >= 15 is 0 Å². The van der Waals surface area contributed by atoms with E-state index in [2.05, 4.69) is 15.6 Å². The molecule has 1 amide bonds. The lowest BCUT2D eigenvalue weighted by molar-refractivity contribution is -0.118. The van der Waals surface area contributed by atoms with Gasteiger partial charge in [0.05, 0.1) is 11.9 Å². The summed E-state index contributed by atoms with van der Waals surface area (Å²) in [5.41, 5.74) is 0.650. The minimum atomic E-state index is -0.233. The second-order valence-corrected chi connectivity index (χ2v) is 6.29. The van der Waals surface area contributed by atoms with Crippen LogP contribution in [0.15, 0.2) is 42.6 Å². The van der Waals surface area contributed by atoms with Crippen LogP contribution in [0.4, 0.5) is 11.5 Å². The number of benzene rings is 1. The molecule has 0 saturated heterocycles. The van der Waals surface area contributed by atoms with Gasteiger partial charge < -0.3 is 15.4 Å². The highest BCUT2D eigenvalue weighted by Gasteiger charge is 2.14. The normalized spacial score (nSPS) is 14.4. The first kappa shape index (κ1) is 16.6. The van der Waals surface area contributed by atoms with Crippen molar-refractivity contribution in [3.05, 3.63) is 47.6 Å². The molecule has 1 aromatic carbocycles. The van der Waals surface area contributed by atoms with E-state index in [0.29, 0.717) is 22.5 Å². The first-order valence-electron chi connectivity index (χ1n) is 8.10. The summed E-state index contributed by atoms with van der Waals surface area (Å²) in [4.78, 5) is 16.3. The summed E-state index contributed by atoms with van der Waals surface area (Å²) in [5.74, 6) is 1.21. The number of pyridine rings is 1. The van der Waals surface area contributed by atoms with Crippen LogP contribution in [0, 0.1) is 0 Å². The zero-order chi connectivity index (χ0) is 16.8. The maximum Gasteiger partial charge on any atom is 0.262 e. The third kappa shape index (κ3) is 4.86. The molecular weight excluding hydrogens is 326 g/mol. The third-order valence-electron chi connectivity index (χ3n) is 3.94. The molecule has 2 N–H and O–H groups in total. The van der Waals surface area contributed by atoms with E-state index in [4.69, 9.17) is 16.3 Å². The highest BCUT2D eigenvalue weighted by molar-refractivity contribution is 6.30. The summed E-state index contributed by atoms with van der Waals surface area (Å²) in [6, 6.07) is 11.1. The summed E-state index contributed by atoms with van der Waals surface area (Å²) in [6.45, 7) is -0.0658. The molecule has 1 saturated carbocycles. The molecule has 2 aromatic rings. The molecule has 0 atom stereocenters. The van der Waals surface area contributed by atoms with Crippen molar-refractivity contribution in [1.29, 1.82) is 0 Å². The van der Waals surface area contributed by atoms with E-state index in [1.165, 1.54) is 25.7 Å². The van der Waals surface area contributed by atoms with Crippen LogP contribution in [0.3, 0.4) is 0 Å². The van der Waals surface area contributed by atoms with Crippen LogP contribution in [0.25, 0.3) is 0 Å². The van der Waals surface area contributed by atoms with Crippen LogP contribution >= 0.6 is 11.6 Å². The number of carbonyl (C=O) groups excluding carboxylic acids is 1. The Bertz CT molecular complexity index is 668. The Kier molecular flexibility index (Phi) is 5.54. The van der Waals surface area contributed by atoms with Gasteiger partial charge in [0, 0.05) is 11.1 Å². The Hall–Kier alpha value is -2.27. The molecule has 5 nitrogen and oxygen atoms in total. The number of carbonyl (C=O) groups is 1. The molecule has 1 aliphatic carbocycles. The van der Waals surface area contributed by atoms with E-state index < -0.39 is 0 Å². The predicted molar refractivity (Wildman–Crippen MR) is 95.7 cm³/mol. The van der Waals surface area contributed by atoms with Crippen molar-refractivity contribution in [2.24, 2.45) is 0 Å². The lowest BCUT2D eigenvalue weighted by atomic mass is 10.2. The van der Waals surface area contributed by atoms with Crippen molar-refractivity contribution < 1.29 is 9.53 Å². The molecule has 0 unspecified atom stereocenters. The van der Waals surface area contributed by atoms with Crippen molar-refractivity contribution in [2.45, 2.75) is 31.7 Å². The van der Waals surface area contributed by atoms with Gasteiger partial charge in [0.1, 0.15) is 11.6 Å². The summed E-state index contributed by atoms with van der Waals surface area (Å²) in [5, 5.41) is 6.81. The Labute approximate surface area is 146 Å². The number of rotatable bonds is 6. The standard InChI is InChI=1S/C18H20ClN3O2/c19-13-5-8-16(9-6-13)24-12-18(23)22-15-7-10-17(20-11-15)21-14-3-1-2-4-14/h5-11,14H,1-4,12H2,(H,20,21)(H,22,23). The maximum atomic E-state index is 11.9. The van der Waals surface area contributed by atoms with Crippen LogP contribution in [-0.2, 0) is 4.79 Å². The minimum Gasteiger partial charge on any atom is -0.484 e. The smallest absolute Gasteiger partial charge is 0.262 e. The van der Waals surface area contributed by atoms with Crippen molar-refractivity contribution in [3.8, 4) is 5.75 Å². The Morgan fingerprint density at radius 2 is 1.92 bits per heavy atom. The summed E-state index contributed by atoms with van der Waals surface area (Å²) < 4.78 is 5.40. The molecule has 3 rings (SSSR count). The number of ether oxygens (including phenoxy) is 1. The largest absolute Gasteiger partial charge is 0.484 e. The number of anilines is 2. The molecule has 1 aromatic heterocycles. The maximum absolute atomic E-state index is 11.9.